The molecule has 0 aromatic rings. The zero-order valence-corrected chi connectivity index (χ0v) is 8.18. The van der Waals surface area contributed by atoms with E-state index in [0.29, 0.717) is 6.10 Å². The van der Waals surface area contributed by atoms with E-state index in [-0.39, 0.29) is 6.10 Å². The van der Waals surface area contributed by atoms with Crippen molar-refractivity contribution in [1.82, 2.24) is 0 Å². The van der Waals surface area contributed by atoms with Gasteiger partial charge in [-0.25, -0.2) is 0 Å². The molecular formula is C10H20O. The molecule has 0 fully saturated rings. The maximum Gasteiger partial charge on any atom is 0.0780 e. The quantitative estimate of drug-likeness (QED) is 0.555. The van der Waals surface area contributed by atoms with Gasteiger partial charge in [-0.2, -0.15) is 0 Å². The smallest absolute Gasteiger partial charge is 0.0780 e. The van der Waals surface area contributed by atoms with Gasteiger partial charge in [0.05, 0.1) is 12.2 Å². The van der Waals surface area contributed by atoms with Gasteiger partial charge in [0.25, 0.3) is 0 Å². The van der Waals surface area contributed by atoms with Crippen molar-refractivity contribution >= 4 is 0 Å². The van der Waals surface area contributed by atoms with Crippen LogP contribution in [0.15, 0.2) is 12.2 Å². The highest BCUT2D eigenvalue weighted by atomic mass is 16.5. The highest BCUT2D eigenvalue weighted by molar-refractivity contribution is 4.97. The van der Waals surface area contributed by atoms with E-state index in [1.807, 2.05) is 6.92 Å². The molecule has 1 nitrogen and oxygen atoms in total. The number of rotatable bonds is 5. The van der Waals surface area contributed by atoms with Gasteiger partial charge in [0.2, 0.25) is 0 Å². The summed E-state index contributed by atoms with van der Waals surface area (Å²) in [5, 5.41) is 0. The molecule has 0 saturated heterocycles. The third kappa shape index (κ3) is 4.20. The zero-order chi connectivity index (χ0) is 8.85. The lowest BCUT2D eigenvalue weighted by molar-refractivity contribution is 0.0149. The topological polar surface area (TPSA) is 9.23 Å². The van der Waals surface area contributed by atoms with Crippen LogP contribution in [0.25, 0.3) is 0 Å². The van der Waals surface area contributed by atoms with Gasteiger partial charge in [0.15, 0.2) is 0 Å². The minimum absolute atomic E-state index is 0.255. The molecule has 2 unspecified atom stereocenters. The third-order valence-corrected chi connectivity index (χ3v) is 1.89. The minimum Gasteiger partial charge on any atom is -0.371 e. The first-order chi connectivity index (χ1) is 5.11. The van der Waals surface area contributed by atoms with Crippen molar-refractivity contribution in [1.29, 1.82) is 0 Å². The fourth-order valence-electron chi connectivity index (χ4n) is 0.937. The van der Waals surface area contributed by atoms with E-state index < -0.39 is 0 Å². The van der Waals surface area contributed by atoms with Crippen LogP contribution in [0.4, 0.5) is 0 Å². The molecule has 0 aliphatic carbocycles. The first-order valence-electron chi connectivity index (χ1n) is 4.42. The van der Waals surface area contributed by atoms with Crippen molar-refractivity contribution in [3.8, 4) is 0 Å². The van der Waals surface area contributed by atoms with Gasteiger partial charge >= 0.3 is 0 Å². The molecule has 11 heavy (non-hydrogen) atoms. The van der Waals surface area contributed by atoms with Gasteiger partial charge in [-0.3, -0.25) is 0 Å². The molecule has 0 spiro atoms. The maximum absolute atomic E-state index is 5.71. The SMILES string of the molecule is C=C(C)C(CC)OC(C)CC. The Morgan fingerprint density at radius 1 is 1.36 bits per heavy atom. The van der Waals surface area contributed by atoms with Crippen molar-refractivity contribution in [2.75, 3.05) is 0 Å². The van der Waals surface area contributed by atoms with E-state index in [1.54, 1.807) is 0 Å². The van der Waals surface area contributed by atoms with Gasteiger partial charge in [0.1, 0.15) is 0 Å². The van der Waals surface area contributed by atoms with Crippen LogP contribution < -0.4 is 0 Å². The summed E-state index contributed by atoms with van der Waals surface area (Å²) in [6.07, 6.45) is 2.71. The molecule has 0 saturated carbocycles. The minimum atomic E-state index is 0.255. The van der Waals surface area contributed by atoms with Gasteiger partial charge in [-0.05, 0) is 26.7 Å². The predicted octanol–water partition coefficient (Wildman–Crippen LogP) is 3.16. The Balaban J connectivity index is 3.77. The van der Waals surface area contributed by atoms with Crippen molar-refractivity contribution in [2.24, 2.45) is 0 Å². The molecule has 66 valence electrons. The molecular weight excluding hydrogens is 136 g/mol. The molecule has 0 amide bonds. The molecule has 0 N–H and O–H groups in total. The molecule has 0 rings (SSSR count). The van der Waals surface area contributed by atoms with Crippen LogP contribution in [0.1, 0.15) is 40.5 Å². The normalized spacial score (nSPS) is 16.0. The number of hydrogen-bond donors (Lipinski definition) is 0. The summed E-state index contributed by atoms with van der Waals surface area (Å²) < 4.78 is 5.71. The fraction of sp³-hybridized carbons (Fsp3) is 0.800. The Morgan fingerprint density at radius 2 is 1.91 bits per heavy atom. The summed E-state index contributed by atoms with van der Waals surface area (Å²) in [6.45, 7) is 12.3. The van der Waals surface area contributed by atoms with Crippen LogP contribution in [0, 0.1) is 0 Å². The Bertz CT molecular complexity index is 118. The van der Waals surface area contributed by atoms with Crippen LogP contribution >= 0.6 is 0 Å². The van der Waals surface area contributed by atoms with Crippen molar-refractivity contribution in [3.05, 3.63) is 12.2 Å². The lowest BCUT2D eigenvalue weighted by Crippen LogP contribution is -2.19. The van der Waals surface area contributed by atoms with Crippen LogP contribution in [0.3, 0.4) is 0 Å². The van der Waals surface area contributed by atoms with E-state index in [2.05, 4.69) is 27.4 Å². The van der Waals surface area contributed by atoms with Gasteiger partial charge in [0, 0.05) is 0 Å². The van der Waals surface area contributed by atoms with Crippen molar-refractivity contribution in [3.63, 3.8) is 0 Å². The monoisotopic (exact) mass is 156 g/mol. The molecule has 0 aliphatic rings. The predicted molar refractivity (Wildman–Crippen MR) is 49.7 cm³/mol. The van der Waals surface area contributed by atoms with E-state index in [1.165, 1.54) is 0 Å². The van der Waals surface area contributed by atoms with Crippen molar-refractivity contribution in [2.45, 2.75) is 52.7 Å². The summed E-state index contributed by atoms with van der Waals surface area (Å²) in [7, 11) is 0. The lowest BCUT2D eigenvalue weighted by Gasteiger charge is -2.20. The van der Waals surface area contributed by atoms with Gasteiger partial charge < -0.3 is 4.74 Å². The Hall–Kier alpha value is -0.300. The molecule has 0 heterocycles. The Morgan fingerprint density at radius 3 is 2.18 bits per heavy atom. The summed E-state index contributed by atoms with van der Waals surface area (Å²) in [6, 6.07) is 0. The molecule has 0 aromatic heterocycles. The van der Waals surface area contributed by atoms with E-state index in [0.717, 1.165) is 18.4 Å². The highest BCUT2D eigenvalue weighted by Crippen LogP contribution is 2.11. The van der Waals surface area contributed by atoms with Gasteiger partial charge in [-0.15, -0.1) is 0 Å². The van der Waals surface area contributed by atoms with Crippen LogP contribution in [-0.2, 0) is 4.74 Å². The van der Waals surface area contributed by atoms with Gasteiger partial charge in [-0.1, -0.05) is 26.0 Å². The summed E-state index contributed by atoms with van der Waals surface area (Å²) in [4.78, 5) is 0. The Kier molecular flexibility index (Phi) is 5.22. The first-order valence-corrected chi connectivity index (χ1v) is 4.42. The number of hydrogen-bond acceptors (Lipinski definition) is 1. The summed E-state index contributed by atoms with van der Waals surface area (Å²) in [5.74, 6) is 0. The summed E-state index contributed by atoms with van der Waals surface area (Å²) in [5.41, 5.74) is 1.13. The van der Waals surface area contributed by atoms with Crippen LogP contribution in [0.5, 0.6) is 0 Å². The van der Waals surface area contributed by atoms with E-state index in [4.69, 9.17) is 4.74 Å². The molecule has 0 aliphatic heterocycles. The van der Waals surface area contributed by atoms with Crippen molar-refractivity contribution < 1.29 is 4.74 Å². The molecule has 0 bridgehead atoms. The number of ether oxygens (including phenoxy) is 1. The van der Waals surface area contributed by atoms with Crippen LogP contribution in [0.2, 0.25) is 0 Å². The molecule has 0 radical (unpaired) electrons. The van der Waals surface area contributed by atoms with Crippen LogP contribution in [-0.4, -0.2) is 12.2 Å². The zero-order valence-electron chi connectivity index (χ0n) is 8.18. The van der Waals surface area contributed by atoms with E-state index in [9.17, 15) is 0 Å². The summed E-state index contributed by atoms with van der Waals surface area (Å²) >= 11 is 0. The average Bonchev–Trinajstić information content (AvgIpc) is 1.99. The maximum atomic E-state index is 5.71. The second-order valence-corrected chi connectivity index (χ2v) is 3.10. The second kappa shape index (κ2) is 5.36. The Labute approximate surface area is 70.4 Å². The average molecular weight is 156 g/mol. The largest absolute Gasteiger partial charge is 0.371 e. The highest BCUT2D eigenvalue weighted by Gasteiger charge is 2.09. The van der Waals surface area contributed by atoms with E-state index >= 15 is 0 Å². The second-order valence-electron chi connectivity index (χ2n) is 3.10. The molecule has 0 aromatic carbocycles. The standard InChI is InChI=1S/C10H20O/c1-6-9(5)11-10(7-2)8(3)4/h9-10H,3,6-7H2,1-2,4-5H3. The first kappa shape index (κ1) is 10.7. The lowest BCUT2D eigenvalue weighted by atomic mass is 10.1. The third-order valence-electron chi connectivity index (χ3n) is 1.89. The molecule has 1 heteroatoms. The molecule has 2 atom stereocenters. The fourth-order valence-corrected chi connectivity index (χ4v) is 0.937.